The predicted molar refractivity (Wildman–Crippen MR) is 55.2 cm³/mol. The third kappa shape index (κ3) is 1.96. The van der Waals surface area contributed by atoms with Gasteiger partial charge in [0, 0.05) is 30.2 Å². The smallest absolute Gasteiger partial charge is 0.329 e. The lowest BCUT2D eigenvalue weighted by Crippen LogP contribution is -2.24. The van der Waals surface area contributed by atoms with E-state index in [1.54, 1.807) is 17.5 Å². The van der Waals surface area contributed by atoms with E-state index in [4.69, 9.17) is 5.11 Å². The molecule has 4 heteroatoms. The molecular formula is C10H11NO2S. The van der Waals surface area contributed by atoms with Crippen LogP contribution >= 0.6 is 11.3 Å². The summed E-state index contributed by atoms with van der Waals surface area (Å²) in [6.45, 7) is 1.75. The van der Waals surface area contributed by atoms with Gasteiger partial charge in [0.15, 0.2) is 0 Å². The second-order valence-corrected chi connectivity index (χ2v) is 4.24. The zero-order valence-corrected chi connectivity index (χ0v) is 8.46. The maximum atomic E-state index is 10.3. The molecule has 0 bridgehead atoms. The molecule has 14 heavy (non-hydrogen) atoms. The average Bonchev–Trinajstić information content (AvgIpc) is 2.61. The Kier molecular flexibility index (Phi) is 2.54. The predicted octanol–water partition coefficient (Wildman–Crippen LogP) is 1.70. The largest absolute Gasteiger partial charge is 0.478 e. The molecule has 0 aromatic carbocycles. The number of aliphatic carboxylic acids is 1. The van der Waals surface area contributed by atoms with Crippen molar-refractivity contribution in [1.29, 1.82) is 0 Å². The Morgan fingerprint density at radius 3 is 3.29 bits per heavy atom. The van der Waals surface area contributed by atoms with Gasteiger partial charge in [-0.1, -0.05) is 0 Å². The van der Waals surface area contributed by atoms with Crippen molar-refractivity contribution in [2.75, 3.05) is 6.54 Å². The van der Waals surface area contributed by atoms with E-state index < -0.39 is 5.97 Å². The molecule has 1 aromatic heterocycles. The van der Waals surface area contributed by atoms with E-state index in [9.17, 15) is 4.79 Å². The summed E-state index contributed by atoms with van der Waals surface area (Å²) in [4.78, 5) is 13.8. The van der Waals surface area contributed by atoms with Gasteiger partial charge in [-0.05, 0) is 23.4 Å². The van der Waals surface area contributed by atoms with Crippen LogP contribution in [0.15, 0.2) is 23.7 Å². The summed E-state index contributed by atoms with van der Waals surface area (Å²) >= 11 is 1.78. The number of rotatable bonds is 2. The Morgan fingerprint density at radius 1 is 1.64 bits per heavy atom. The van der Waals surface area contributed by atoms with Crippen LogP contribution in [0.1, 0.15) is 10.4 Å². The molecule has 0 amide bonds. The number of hydrogen-bond donors (Lipinski definition) is 1. The summed E-state index contributed by atoms with van der Waals surface area (Å²) in [5.41, 5.74) is 1.33. The van der Waals surface area contributed by atoms with Gasteiger partial charge in [-0.3, -0.25) is 0 Å². The van der Waals surface area contributed by atoms with Gasteiger partial charge in [0.25, 0.3) is 0 Å². The van der Waals surface area contributed by atoms with Crippen molar-refractivity contribution in [3.63, 3.8) is 0 Å². The summed E-state index contributed by atoms with van der Waals surface area (Å²) in [5, 5.41) is 10.6. The minimum atomic E-state index is -0.888. The lowest BCUT2D eigenvalue weighted by Gasteiger charge is -2.24. The Bertz CT molecular complexity index is 370. The van der Waals surface area contributed by atoms with E-state index in [2.05, 4.69) is 11.4 Å². The maximum absolute atomic E-state index is 10.3. The van der Waals surface area contributed by atoms with Crippen molar-refractivity contribution in [2.24, 2.45) is 0 Å². The number of hydrogen-bond acceptors (Lipinski definition) is 3. The van der Waals surface area contributed by atoms with E-state index in [0.717, 1.165) is 19.5 Å². The molecule has 0 saturated heterocycles. The molecule has 0 aliphatic carbocycles. The SMILES string of the molecule is O=C(O)/C=C/N1CCc2sccc2C1. The van der Waals surface area contributed by atoms with Gasteiger partial charge in [-0.2, -0.15) is 0 Å². The second-order valence-electron chi connectivity index (χ2n) is 3.24. The van der Waals surface area contributed by atoms with Gasteiger partial charge in [0.2, 0.25) is 0 Å². The van der Waals surface area contributed by atoms with E-state index >= 15 is 0 Å². The van der Waals surface area contributed by atoms with Gasteiger partial charge < -0.3 is 10.0 Å². The number of thiophene rings is 1. The van der Waals surface area contributed by atoms with Crippen molar-refractivity contribution in [2.45, 2.75) is 13.0 Å². The molecule has 1 aliphatic rings. The molecule has 2 heterocycles. The molecule has 0 fully saturated rings. The molecule has 1 aliphatic heterocycles. The third-order valence-corrected chi connectivity index (χ3v) is 3.29. The molecule has 0 radical (unpaired) electrons. The van der Waals surface area contributed by atoms with Crippen LogP contribution in [0.5, 0.6) is 0 Å². The topological polar surface area (TPSA) is 40.5 Å². The van der Waals surface area contributed by atoms with Crippen molar-refractivity contribution in [3.05, 3.63) is 34.2 Å². The number of fused-ring (bicyclic) bond motifs is 1. The highest BCUT2D eigenvalue weighted by Gasteiger charge is 2.14. The Balaban J connectivity index is 2.04. The van der Waals surface area contributed by atoms with Crippen LogP contribution < -0.4 is 0 Å². The highest BCUT2D eigenvalue weighted by molar-refractivity contribution is 7.10. The quantitative estimate of drug-likeness (QED) is 0.754. The average molecular weight is 209 g/mol. The van der Waals surface area contributed by atoms with Crippen LogP contribution in [0, 0.1) is 0 Å². The summed E-state index contributed by atoms with van der Waals surface area (Å²) in [7, 11) is 0. The van der Waals surface area contributed by atoms with Gasteiger partial charge in [-0.25, -0.2) is 4.79 Å². The number of carboxylic acids is 1. The van der Waals surface area contributed by atoms with E-state index in [1.165, 1.54) is 16.5 Å². The third-order valence-electron chi connectivity index (χ3n) is 2.27. The first-order chi connectivity index (χ1) is 6.75. The zero-order chi connectivity index (χ0) is 9.97. The van der Waals surface area contributed by atoms with E-state index in [1.807, 2.05) is 4.90 Å². The summed E-state index contributed by atoms with van der Waals surface area (Å²) in [5.74, 6) is -0.888. The Hall–Kier alpha value is -1.29. The van der Waals surface area contributed by atoms with Gasteiger partial charge in [0.05, 0.1) is 0 Å². The first-order valence-corrected chi connectivity index (χ1v) is 5.34. The lowest BCUT2D eigenvalue weighted by molar-refractivity contribution is -0.131. The van der Waals surface area contributed by atoms with Gasteiger partial charge in [-0.15, -0.1) is 11.3 Å². The highest BCUT2D eigenvalue weighted by atomic mass is 32.1. The zero-order valence-electron chi connectivity index (χ0n) is 7.64. The molecule has 0 unspecified atom stereocenters. The molecule has 0 spiro atoms. The number of carbonyl (C=O) groups is 1. The van der Waals surface area contributed by atoms with Crippen molar-refractivity contribution in [1.82, 2.24) is 4.90 Å². The van der Waals surface area contributed by atoms with Crippen LogP contribution in [-0.4, -0.2) is 22.5 Å². The standard InChI is InChI=1S/C10H11NO2S/c12-10(13)2-5-11-4-1-9-8(7-11)3-6-14-9/h2-3,5-6H,1,4,7H2,(H,12,13)/b5-2+. The molecule has 0 saturated carbocycles. The fraction of sp³-hybridized carbons (Fsp3) is 0.300. The minimum absolute atomic E-state index is 0.836. The van der Waals surface area contributed by atoms with E-state index in [-0.39, 0.29) is 0 Å². The van der Waals surface area contributed by atoms with Crippen molar-refractivity contribution >= 4 is 17.3 Å². The Labute approximate surface area is 86.3 Å². The van der Waals surface area contributed by atoms with Crippen LogP contribution in [0.3, 0.4) is 0 Å². The first-order valence-electron chi connectivity index (χ1n) is 4.46. The fourth-order valence-electron chi connectivity index (χ4n) is 1.57. The lowest BCUT2D eigenvalue weighted by atomic mass is 10.1. The molecule has 74 valence electrons. The van der Waals surface area contributed by atoms with Gasteiger partial charge in [0.1, 0.15) is 0 Å². The summed E-state index contributed by atoms with van der Waals surface area (Å²) < 4.78 is 0. The van der Waals surface area contributed by atoms with Crippen molar-refractivity contribution in [3.8, 4) is 0 Å². The Morgan fingerprint density at radius 2 is 2.50 bits per heavy atom. The second kappa shape index (κ2) is 3.84. The number of carboxylic acid groups (broad SMARTS) is 1. The molecule has 1 N–H and O–H groups in total. The van der Waals surface area contributed by atoms with Crippen LogP contribution in [0.2, 0.25) is 0 Å². The van der Waals surface area contributed by atoms with Crippen LogP contribution in [0.25, 0.3) is 0 Å². The maximum Gasteiger partial charge on any atom is 0.329 e. The van der Waals surface area contributed by atoms with Crippen LogP contribution in [-0.2, 0) is 17.8 Å². The van der Waals surface area contributed by atoms with Crippen LogP contribution in [0.4, 0.5) is 0 Å². The van der Waals surface area contributed by atoms with E-state index in [0.29, 0.717) is 0 Å². The number of nitrogens with zero attached hydrogens (tertiary/aromatic N) is 1. The summed E-state index contributed by atoms with van der Waals surface area (Å²) in [6.07, 6.45) is 3.87. The minimum Gasteiger partial charge on any atom is -0.478 e. The molecular weight excluding hydrogens is 198 g/mol. The molecule has 0 atom stereocenters. The first kappa shape index (κ1) is 9.27. The summed E-state index contributed by atoms with van der Waals surface area (Å²) in [6, 6.07) is 2.11. The highest BCUT2D eigenvalue weighted by Crippen LogP contribution is 2.23. The normalized spacial score (nSPS) is 15.9. The fourth-order valence-corrected chi connectivity index (χ4v) is 2.46. The molecule has 1 aromatic rings. The van der Waals surface area contributed by atoms with Crippen molar-refractivity contribution < 1.29 is 9.90 Å². The van der Waals surface area contributed by atoms with Gasteiger partial charge >= 0.3 is 5.97 Å². The molecule has 2 rings (SSSR count). The molecule has 3 nitrogen and oxygen atoms in total. The monoisotopic (exact) mass is 209 g/mol.